The summed E-state index contributed by atoms with van der Waals surface area (Å²) in [5.74, 6) is -0.558. The summed E-state index contributed by atoms with van der Waals surface area (Å²) in [5, 5.41) is 9.13. The van der Waals surface area contributed by atoms with E-state index in [2.05, 4.69) is 13.8 Å². The number of rotatable bonds is 16. The Hall–Kier alpha value is -0.341. The number of carbonyl (C=O) groups excluding carboxylic acids is 2. The first-order valence-corrected chi connectivity index (χ1v) is 18.2. The quantitative estimate of drug-likeness (QED) is 0.238. The van der Waals surface area contributed by atoms with Gasteiger partial charge < -0.3 is 0 Å². The maximum absolute atomic E-state index is 12.5. The monoisotopic (exact) mass is 521 g/mol. The molecule has 0 radical (unpaired) electrons. The van der Waals surface area contributed by atoms with Gasteiger partial charge in [0.15, 0.2) is 0 Å². The molecule has 0 aromatic rings. The van der Waals surface area contributed by atoms with Gasteiger partial charge in [0, 0.05) is 0 Å². The standard InChI is InChI=1S/2C8H17.C6H11NO5.Sn/c2*1-3-5-7-8-6-4-2;8-2-1-7(3-5(9)10)4-6(11)12;/h2*1,3-8H2,2H3;8H,1-4H2,(H,9,10)(H,11,12);/q;;;+2/p-2. The Labute approximate surface area is 182 Å². The third-order valence-electron chi connectivity index (χ3n) is 5.54. The van der Waals surface area contributed by atoms with Crippen LogP contribution in [0.2, 0.25) is 8.87 Å². The molecule has 0 unspecified atom stereocenters. The van der Waals surface area contributed by atoms with Crippen molar-refractivity contribution in [3.05, 3.63) is 0 Å². The second-order valence-electron chi connectivity index (χ2n) is 8.33. The van der Waals surface area contributed by atoms with Crippen LogP contribution >= 0.6 is 0 Å². The van der Waals surface area contributed by atoms with Crippen LogP contribution < -0.4 is 0 Å². The first kappa shape index (κ1) is 26.7. The molecule has 0 amide bonds. The zero-order valence-corrected chi connectivity index (χ0v) is 21.6. The average molecular weight is 520 g/mol. The molecule has 0 saturated carbocycles. The van der Waals surface area contributed by atoms with Crippen LogP contribution in [0, 0.1) is 0 Å². The fraction of sp³-hybridized carbons (Fsp3) is 0.909. The maximum atomic E-state index is 12.5. The van der Waals surface area contributed by atoms with Gasteiger partial charge in [-0.25, -0.2) is 0 Å². The summed E-state index contributed by atoms with van der Waals surface area (Å²) in [6.45, 7) is 4.74. The summed E-state index contributed by atoms with van der Waals surface area (Å²) in [6.07, 6.45) is 14.0. The third-order valence-corrected chi connectivity index (χ3v) is 15.3. The third kappa shape index (κ3) is 12.2. The Morgan fingerprint density at radius 2 is 1.17 bits per heavy atom. The van der Waals surface area contributed by atoms with Gasteiger partial charge in [-0.2, -0.15) is 0 Å². The molecule has 0 aromatic carbocycles. The zero-order chi connectivity index (χ0) is 21.4. The number of hydrogen-bond acceptors (Lipinski definition) is 6. The van der Waals surface area contributed by atoms with Crippen LogP contribution in [0.3, 0.4) is 0 Å². The molecule has 1 aliphatic heterocycles. The Morgan fingerprint density at radius 1 is 0.759 bits per heavy atom. The molecule has 0 bridgehead atoms. The molecule has 0 aliphatic carbocycles. The first-order valence-electron chi connectivity index (χ1n) is 11.8. The molecule has 0 atom stereocenters. The molecule has 6 nitrogen and oxygen atoms in total. The Kier molecular flexibility index (Phi) is 15.1. The van der Waals surface area contributed by atoms with Crippen LogP contribution in [-0.2, 0) is 15.7 Å². The average Bonchev–Trinajstić information content (AvgIpc) is 2.66. The number of aliphatic hydroxyl groups is 1. The van der Waals surface area contributed by atoms with Gasteiger partial charge in [-0.3, -0.25) is 0 Å². The van der Waals surface area contributed by atoms with E-state index in [9.17, 15) is 9.59 Å². The van der Waals surface area contributed by atoms with Crippen molar-refractivity contribution in [1.29, 1.82) is 0 Å². The number of unbranched alkanes of at least 4 members (excludes halogenated alkanes) is 10. The van der Waals surface area contributed by atoms with Crippen molar-refractivity contribution in [2.45, 2.75) is 99.8 Å². The zero-order valence-electron chi connectivity index (χ0n) is 18.8. The van der Waals surface area contributed by atoms with Gasteiger partial charge in [0.25, 0.3) is 0 Å². The van der Waals surface area contributed by atoms with Crippen molar-refractivity contribution in [3.63, 3.8) is 0 Å². The summed E-state index contributed by atoms with van der Waals surface area (Å²) in [6, 6.07) is 0. The topological polar surface area (TPSA) is 76.1 Å². The van der Waals surface area contributed by atoms with E-state index >= 15 is 0 Å². The van der Waals surface area contributed by atoms with Gasteiger partial charge >= 0.3 is 183 Å². The fourth-order valence-corrected chi connectivity index (χ4v) is 13.1. The fourth-order valence-electron chi connectivity index (χ4n) is 3.90. The predicted octanol–water partition coefficient (Wildman–Crippen LogP) is 4.54. The van der Waals surface area contributed by atoms with Crippen molar-refractivity contribution in [2.75, 3.05) is 26.2 Å². The molecule has 170 valence electrons. The van der Waals surface area contributed by atoms with Gasteiger partial charge in [-0.05, 0) is 0 Å². The van der Waals surface area contributed by atoms with E-state index in [1.807, 2.05) is 0 Å². The van der Waals surface area contributed by atoms with Crippen LogP contribution in [0.25, 0.3) is 0 Å². The van der Waals surface area contributed by atoms with Crippen molar-refractivity contribution >= 4 is 31.1 Å². The Balaban J connectivity index is 2.66. The molecule has 1 N–H and O–H groups in total. The second-order valence-corrected chi connectivity index (χ2v) is 17.5. The molecule has 1 fully saturated rings. The van der Waals surface area contributed by atoms with Crippen molar-refractivity contribution < 1.29 is 20.8 Å². The molecule has 1 saturated heterocycles. The van der Waals surface area contributed by atoms with Crippen LogP contribution in [0.15, 0.2) is 0 Å². The summed E-state index contributed by atoms with van der Waals surface area (Å²) in [4.78, 5) is 26.6. The molecule has 1 aliphatic rings. The number of carbonyl (C=O) groups is 2. The first-order chi connectivity index (χ1) is 14.0. The molecule has 29 heavy (non-hydrogen) atoms. The Bertz CT molecular complexity index is 422. The van der Waals surface area contributed by atoms with Gasteiger partial charge in [0.05, 0.1) is 0 Å². The van der Waals surface area contributed by atoms with Crippen LogP contribution in [-0.4, -0.2) is 67.4 Å². The van der Waals surface area contributed by atoms with E-state index in [0.717, 1.165) is 34.6 Å². The van der Waals surface area contributed by atoms with Gasteiger partial charge in [-0.1, -0.05) is 0 Å². The summed E-state index contributed by atoms with van der Waals surface area (Å²) < 4.78 is 13.5. The molecular formula is C22H43NO5Sn. The predicted molar refractivity (Wildman–Crippen MR) is 118 cm³/mol. The van der Waals surface area contributed by atoms with Crippen LogP contribution in [0.4, 0.5) is 0 Å². The van der Waals surface area contributed by atoms with E-state index in [1.165, 1.54) is 51.4 Å². The van der Waals surface area contributed by atoms with Crippen molar-refractivity contribution in [1.82, 2.24) is 4.90 Å². The van der Waals surface area contributed by atoms with Gasteiger partial charge in [0.2, 0.25) is 0 Å². The molecule has 0 spiro atoms. The molecule has 1 rings (SSSR count). The number of nitrogens with zero attached hydrogens (tertiary/aromatic N) is 1. The van der Waals surface area contributed by atoms with E-state index in [-0.39, 0.29) is 38.2 Å². The Morgan fingerprint density at radius 3 is 1.59 bits per heavy atom. The van der Waals surface area contributed by atoms with Crippen molar-refractivity contribution in [3.8, 4) is 0 Å². The molecule has 0 aromatic heterocycles. The number of hydrogen-bond donors (Lipinski definition) is 1. The molecular weight excluding hydrogens is 477 g/mol. The van der Waals surface area contributed by atoms with E-state index in [0.29, 0.717) is 0 Å². The normalized spacial score (nSPS) is 17.5. The minimum absolute atomic E-state index is 0.0708. The second kappa shape index (κ2) is 16.4. The van der Waals surface area contributed by atoms with E-state index in [1.54, 1.807) is 4.90 Å². The summed E-state index contributed by atoms with van der Waals surface area (Å²) in [7, 11) is 0. The molecule has 7 heteroatoms. The van der Waals surface area contributed by atoms with E-state index in [4.69, 9.17) is 11.3 Å². The number of β-amino-alcohol motifs (C(OH)–C–C–N with tert-alkyl or cyclic N) is 1. The summed E-state index contributed by atoms with van der Waals surface area (Å²) in [5.41, 5.74) is 0. The SMILES string of the molecule is CCCCCCC[CH2][Sn]1([CH2]CCCCCCC)[O]C(=O)CN(CCO)CC(=O)[O]1. The van der Waals surface area contributed by atoms with E-state index < -0.39 is 19.2 Å². The van der Waals surface area contributed by atoms with Crippen LogP contribution in [0.1, 0.15) is 90.9 Å². The summed E-state index contributed by atoms with van der Waals surface area (Å²) >= 11 is -3.77. The number of aliphatic hydroxyl groups excluding tert-OH is 1. The van der Waals surface area contributed by atoms with Gasteiger partial charge in [-0.15, -0.1) is 0 Å². The van der Waals surface area contributed by atoms with Gasteiger partial charge in [0.1, 0.15) is 0 Å². The molecule has 1 heterocycles. The minimum atomic E-state index is -3.77. The van der Waals surface area contributed by atoms with Crippen molar-refractivity contribution in [2.24, 2.45) is 0 Å². The van der Waals surface area contributed by atoms with Crippen LogP contribution in [0.5, 0.6) is 0 Å².